The summed E-state index contributed by atoms with van der Waals surface area (Å²) >= 11 is 0. The highest BCUT2D eigenvalue weighted by Gasteiger charge is 2.23. The van der Waals surface area contributed by atoms with Crippen LogP contribution in [0, 0.1) is 0 Å². The van der Waals surface area contributed by atoms with Gasteiger partial charge < -0.3 is 5.32 Å². The molecule has 0 saturated carbocycles. The summed E-state index contributed by atoms with van der Waals surface area (Å²) in [5.74, 6) is 0. The van der Waals surface area contributed by atoms with Crippen LogP contribution in [-0.4, -0.2) is 39.3 Å². The van der Waals surface area contributed by atoms with Gasteiger partial charge in [0.2, 0.25) is 0 Å². The Morgan fingerprint density at radius 3 is 2.50 bits per heavy atom. The van der Waals surface area contributed by atoms with Crippen LogP contribution >= 0.6 is 0 Å². The van der Waals surface area contributed by atoms with Gasteiger partial charge in [-0.3, -0.25) is 4.90 Å². The average Bonchev–Trinajstić information content (AvgIpc) is 3.24. The number of hydrogen-bond donors (Lipinski definition) is 1. The number of hydrogen-bond acceptors (Lipinski definition) is 4. The SMILES string of the molecule is CCc1ccc(C2CNCCN2Cc2ccc(-n3cncn3)cc2)cc1. The highest BCUT2D eigenvalue weighted by molar-refractivity contribution is 5.33. The summed E-state index contributed by atoms with van der Waals surface area (Å²) in [4.78, 5) is 6.58. The average molecular weight is 347 g/mol. The van der Waals surface area contributed by atoms with Crippen molar-refractivity contribution in [3.05, 3.63) is 77.9 Å². The summed E-state index contributed by atoms with van der Waals surface area (Å²) in [7, 11) is 0. The van der Waals surface area contributed by atoms with Gasteiger partial charge in [-0.05, 0) is 35.2 Å². The van der Waals surface area contributed by atoms with E-state index in [2.05, 4.69) is 75.8 Å². The van der Waals surface area contributed by atoms with Crippen molar-refractivity contribution in [3.63, 3.8) is 0 Å². The molecule has 4 rings (SSSR count). The molecule has 134 valence electrons. The first kappa shape index (κ1) is 16.9. The van der Waals surface area contributed by atoms with Crippen LogP contribution in [0.1, 0.15) is 29.7 Å². The monoisotopic (exact) mass is 347 g/mol. The molecule has 5 nitrogen and oxygen atoms in total. The fraction of sp³-hybridized carbons (Fsp3) is 0.333. The summed E-state index contributed by atoms with van der Waals surface area (Å²) in [5, 5.41) is 7.73. The number of piperazine rings is 1. The number of nitrogens with zero attached hydrogens (tertiary/aromatic N) is 4. The summed E-state index contributed by atoms with van der Waals surface area (Å²) < 4.78 is 1.78. The molecule has 0 aliphatic carbocycles. The van der Waals surface area contributed by atoms with Gasteiger partial charge in [-0.25, -0.2) is 9.67 Å². The van der Waals surface area contributed by atoms with Crippen LogP contribution < -0.4 is 5.32 Å². The number of rotatable bonds is 5. The minimum Gasteiger partial charge on any atom is -0.314 e. The quantitative estimate of drug-likeness (QED) is 0.771. The highest BCUT2D eigenvalue weighted by Crippen LogP contribution is 2.25. The maximum Gasteiger partial charge on any atom is 0.138 e. The molecule has 1 N–H and O–H groups in total. The molecule has 0 radical (unpaired) electrons. The third-order valence-corrected chi connectivity index (χ3v) is 5.13. The van der Waals surface area contributed by atoms with Crippen molar-refractivity contribution >= 4 is 0 Å². The molecule has 0 amide bonds. The number of aromatic nitrogens is 3. The van der Waals surface area contributed by atoms with Gasteiger partial charge in [-0.1, -0.05) is 43.3 Å². The second-order valence-electron chi connectivity index (χ2n) is 6.79. The van der Waals surface area contributed by atoms with Crippen molar-refractivity contribution in [2.45, 2.75) is 25.9 Å². The van der Waals surface area contributed by atoms with Gasteiger partial charge in [0.15, 0.2) is 0 Å². The maximum atomic E-state index is 4.18. The van der Waals surface area contributed by atoms with Crippen LogP contribution in [0.15, 0.2) is 61.2 Å². The van der Waals surface area contributed by atoms with Crippen molar-refractivity contribution in [2.24, 2.45) is 0 Å². The second-order valence-corrected chi connectivity index (χ2v) is 6.79. The molecule has 26 heavy (non-hydrogen) atoms. The highest BCUT2D eigenvalue weighted by atomic mass is 15.3. The summed E-state index contributed by atoms with van der Waals surface area (Å²) in [6, 6.07) is 18.1. The van der Waals surface area contributed by atoms with Crippen molar-refractivity contribution < 1.29 is 0 Å². The lowest BCUT2D eigenvalue weighted by Gasteiger charge is -2.36. The Balaban J connectivity index is 1.49. The van der Waals surface area contributed by atoms with Gasteiger partial charge in [0.25, 0.3) is 0 Å². The molecule has 3 aromatic rings. The van der Waals surface area contributed by atoms with Gasteiger partial charge >= 0.3 is 0 Å². The number of aryl methyl sites for hydroxylation is 1. The Bertz CT molecular complexity index is 809. The van der Waals surface area contributed by atoms with E-state index in [-0.39, 0.29) is 0 Å². The molecule has 5 heteroatoms. The Morgan fingerprint density at radius 2 is 1.81 bits per heavy atom. The van der Waals surface area contributed by atoms with E-state index in [1.807, 2.05) is 0 Å². The molecule has 1 unspecified atom stereocenters. The molecule has 0 bridgehead atoms. The van der Waals surface area contributed by atoms with E-state index in [4.69, 9.17) is 0 Å². The molecule has 1 fully saturated rings. The lowest BCUT2D eigenvalue weighted by atomic mass is 10.00. The van der Waals surface area contributed by atoms with Gasteiger partial charge in [-0.15, -0.1) is 0 Å². The topological polar surface area (TPSA) is 46.0 Å². The van der Waals surface area contributed by atoms with Crippen molar-refractivity contribution in [1.82, 2.24) is 25.0 Å². The standard InChI is InChI=1S/C21H25N5/c1-2-17-3-7-19(8-4-17)21-13-22-11-12-25(21)14-18-5-9-20(10-6-18)26-16-23-15-24-26/h3-10,15-16,21-22H,2,11-14H2,1H3. The van der Waals surface area contributed by atoms with Crippen LogP contribution in [0.5, 0.6) is 0 Å². The zero-order valence-electron chi connectivity index (χ0n) is 15.2. The number of benzene rings is 2. The van der Waals surface area contributed by atoms with E-state index in [9.17, 15) is 0 Å². The van der Waals surface area contributed by atoms with Crippen LogP contribution in [0.2, 0.25) is 0 Å². The lowest BCUT2D eigenvalue weighted by Crippen LogP contribution is -2.45. The molecule has 0 spiro atoms. The van der Waals surface area contributed by atoms with Gasteiger partial charge in [0.05, 0.1) is 5.69 Å². The molecule has 1 aromatic heterocycles. The second kappa shape index (κ2) is 7.81. The first-order valence-corrected chi connectivity index (χ1v) is 9.31. The zero-order chi connectivity index (χ0) is 17.8. The van der Waals surface area contributed by atoms with E-state index in [0.29, 0.717) is 6.04 Å². The van der Waals surface area contributed by atoms with Crippen molar-refractivity contribution in [1.29, 1.82) is 0 Å². The Morgan fingerprint density at radius 1 is 1.04 bits per heavy atom. The molecule has 2 aromatic carbocycles. The fourth-order valence-corrected chi connectivity index (χ4v) is 3.57. The Labute approximate surface area is 154 Å². The van der Waals surface area contributed by atoms with Gasteiger partial charge in [0, 0.05) is 32.2 Å². The number of nitrogens with one attached hydrogen (secondary N) is 1. The minimum atomic E-state index is 0.421. The van der Waals surface area contributed by atoms with Gasteiger partial charge in [-0.2, -0.15) is 5.10 Å². The zero-order valence-corrected chi connectivity index (χ0v) is 15.2. The molecule has 1 saturated heterocycles. The maximum absolute atomic E-state index is 4.18. The summed E-state index contributed by atoms with van der Waals surface area (Å²) in [5.41, 5.74) is 5.16. The summed E-state index contributed by atoms with van der Waals surface area (Å²) in [6.07, 6.45) is 4.37. The van der Waals surface area contributed by atoms with Crippen molar-refractivity contribution in [2.75, 3.05) is 19.6 Å². The smallest absolute Gasteiger partial charge is 0.138 e. The van der Waals surface area contributed by atoms with E-state index in [1.165, 1.54) is 16.7 Å². The Hall–Kier alpha value is -2.50. The van der Waals surface area contributed by atoms with Crippen LogP contribution in [-0.2, 0) is 13.0 Å². The summed E-state index contributed by atoms with van der Waals surface area (Å²) in [6.45, 7) is 6.26. The van der Waals surface area contributed by atoms with E-state index in [1.54, 1.807) is 17.3 Å². The predicted octanol–water partition coefficient (Wildman–Crippen LogP) is 2.98. The van der Waals surface area contributed by atoms with Crippen LogP contribution in [0.25, 0.3) is 5.69 Å². The van der Waals surface area contributed by atoms with E-state index < -0.39 is 0 Å². The first-order chi connectivity index (χ1) is 12.8. The fourth-order valence-electron chi connectivity index (χ4n) is 3.57. The van der Waals surface area contributed by atoms with Crippen molar-refractivity contribution in [3.8, 4) is 5.69 Å². The predicted molar refractivity (Wildman–Crippen MR) is 103 cm³/mol. The third kappa shape index (κ3) is 3.69. The van der Waals surface area contributed by atoms with Crippen LogP contribution in [0.3, 0.4) is 0 Å². The molecule has 1 aliphatic heterocycles. The molecule has 1 aliphatic rings. The Kier molecular flexibility index (Phi) is 5.09. The van der Waals surface area contributed by atoms with E-state index >= 15 is 0 Å². The largest absolute Gasteiger partial charge is 0.314 e. The molecular formula is C21H25N5. The lowest BCUT2D eigenvalue weighted by molar-refractivity contribution is 0.154. The molecule has 2 heterocycles. The van der Waals surface area contributed by atoms with Gasteiger partial charge in [0.1, 0.15) is 12.7 Å². The molecular weight excluding hydrogens is 322 g/mol. The third-order valence-electron chi connectivity index (χ3n) is 5.13. The van der Waals surface area contributed by atoms with E-state index in [0.717, 1.165) is 38.3 Å². The minimum absolute atomic E-state index is 0.421. The normalized spacial score (nSPS) is 18.1. The molecule has 1 atom stereocenters. The van der Waals surface area contributed by atoms with Crippen LogP contribution in [0.4, 0.5) is 0 Å². The first-order valence-electron chi connectivity index (χ1n) is 9.31.